The minimum absolute atomic E-state index is 0.0243. The van der Waals surface area contributed by atoms with Crippen LogP contribution in [-0.2, 0) is 10.0 Å². The number of hydrogen-bond acceptors (Lipinski definition) is 4. The smallest absolute Gasteiger partial charge is 0.255 e. The van der Waals surface area contributed by atoms with Gasteiger partial charge in [0, 0.05) is 13.1 Å². The predicted molar refractivity (Wildman–Crippen MR) is 92.1 cm³/mol. The molecular weight excluding hydrogens is 314 g/mol. The maximum absolute atomic E-state index is 12.8. The van der Waals surface area contributed by atoms with E-state index >= 15 is 0 Å². The Morgan fingerprint density at radius 2 is 2.09 bits per heavy atom. The second-order valence-electron chi connectivity index (χ2n) is 5.87. The van der Waals surface area contributed by atoms with Crippen LogP contribution in [0.1, 0.15) is 30.1 Å². The monoisotopic (exact) mass is 339 g/mol. The van der Waals surface area contributed by atoms with Crippen molar-refractivity contribution in [3.05, 3.63) is 29.8 Å². The second kappa shape index (κ2) is 7.79. The van der Waals surface area contributed by atoms with Gasteiger partial charge in [-0.3, -0.25) is 9.52 Å². The highest BCUT2D eigenvalue weighted by Crippen LogP contribution is 2.22. The summed E-state index contributed by atoms with van der Waals surface area (Å²) in [4.78, 5) is 14.6. The summed E-state index contributed by atoms with van der Waals surface area (Å²) >= 11 is 0. The Kier molecular flexibility index (Phi) is 6.01. The van der Waals surface area contributed by atoms with Gasteiger partial charge in [0.2, 0.25) is 10.0 Å². The lowest BCUT2D eigenvalue weighted by Gasteiger charge is -2.33. The van der Waals surface area contributed by atoms with Gasteiger partial charge in [0.05, 0.1) is 17.0 Å². The fourth-order valence-corrected chi connectivity index (χ4v) is 3.53. The van der Waals surface area contributed by atoms with E-state index in [1.165, 1.54) is 0 Å². The number of benzene rings is 1. The molecule has 1 saturated heterocycles. The standard InChI is InChI=1S/C16H25N3O3S/c1-3-23(21,22)18-15-9-5-4-8-14(15)16(20)19-10-6-7-13(12-19)11-17-2/h4-5,8-9,13,17-18H,3,6-7,10-12H2,1-2H3. The Bertz CT molecular complexity index is 644. The zero-order valence-corrected chi connectivity index (χ0v) is 14.5. The fourth-order valence-electron chi connectivity index (χ4n) is 2.87. The van der Waals surface area contributed by atoms with E-state index in [9.17, 15) is 13.2 Å². The number of carbonyl (C=O) groups is 1. The molecule has 0 aromatic heterocycles. The zero-order valence-electron chi connectivity index (χ0n) is 13.7. The molecule has 1 fully saturated rings. The van der Waals surface area contributed by atoms with Crippen LogP contribution in [0.5, 0.6) is 0 Å². The summed E-state index contributed by atoms with van der Waals surface area (Å²) < 4.78 is 26.1. The van der Waals surface area contributed by atoms with Crippen molar-refractivity contribution < 1.29 is 13.2 Å². The molecular formula is C16H25N3O3S. The van der Waals surface area contributed by atoms with Crippen LogP contribution < -0.4 is 10.0 Å². The SMILES string of the molecule is CCS(=O)(=O)Nc1ccccc1C(=O)N1CCCC(CNC)C1. The Labute approximate surface area is 138 Å². The summed E-state index contributed by atoms with van der Waals surface area (Å²) in [7, 11) is -1.50. The molecule has 128 valence electrons. The largest absolute Gasteiger partial charge is 0.338 e. The minimum atomic E-state index is -3.41. The van der Waals surface area contributed by atoms with Gasteiger partial charge < -0.3 is 10.2 Å². The van der Waals surface area contributed by atoms with Crippen LogP contribution in [0, 0.1) is 5.92 Å². The Hall–Kier alpha value is -1.60. The molecule has 0 bridgehead atoms. The average Bonchev–Trinajstić information content (AvgIpc) is 2.55. The molecule has 2 N–H and O–H groups in total. The van der Waals surface area contributed by atoms with E-state index in [2.05, 4.69) is 10.0 Å². The number of anilines is 1. The Morgan fingerprint density at radius 1 is 1.35 bits per heavy atom. The lowest BCUT2D eigenvalue weighted by Crippen LogP contribution is -2.42. The van der Waals surface area contributed by atoms with E-state index in [-0.39, 0.29) is 11.7 Å². The van der Waals surface area contributed by atoms with E-state index in [1.54, 1.807) is 31.2 Å². The molecule has 1 unspecified atom stereocenters. The predicted octanol–water partition coefficient (Wildman–Crippen LogP) is 1.52. The third-order valence-corrected chi connectivity index (χ3v) is 5.39. The first kappa shape index (κ1) is 17.7. The van der Waals surface area contributed by atoms with Crippen LogP contribution in [0.3, 0.4) is 0 Å². The van der Waals surface area contributed by atoms with Crippen molar-refractivity contribution in [3.8, 4) is 0 Å². The summed E-state index contributed by atoms with van der Waals surface area (Å²) in [6, 6.07) is 6.79. The van der Waals surface area contributed by atoms with Gasteiger partial charge in [-0.1, -0.05) is 12.1 Å². The van der Waals surface area contributed by atoms with E-state index in [4.69, 9.17) is 0 Å². The first-order chi connectivity index (χ1) is 11.0. The molecule has 2 rings (SSSR count). The van der Waals surface area contributed by atoms with Crippen molar-refractivity contribution in [3.63, 3.8) is 0 Å². The van der Waals surface area contributed by atoms with Gasteiger partial charge in [0.1, 0.15) is 0 Å². The Morgan fingerprint density at radius 3 is 2.78 bits per heavy atom. The van der Waals surface area contributed by atoms with Crippen molar-refractivity contribution >= 4 is 21.6 Å². The maximum Gasteiger partial charge on any atom is 0.255 e. The molecule has 1 atom stereocenters. The van der Waals surface area contributed by atoms with Crippen LogP contribution in [0.15, 0.2) is 24.3 Å². The molecule has 7 heteroatoms. The quantitative estimate of drug-likeness (QED) is 0.824. The molecule has 1 amide bonds. The number of piperidine rings is 1. The molecule has 1 aromatic rings. The number of carbonyl (C=O) groups excluding carboxylic acids is 1. The van der Waals surface area contributed by atoms with Gasteiger partial charge in [-0.15, -0.1) is 0 Å². The minimum Gasteiger partial charge on any atom is -0.338 e. The molecule has 6 nitrogen and oxygen atoms in total. The molecule has 1 aromatic carbocycles. The molecule has 1 aliphatic rings. The molecule has 0 radical (unpaired) electrons. The average molecular weight is 339 g/mol. The van der Waals surface area contributed by atoms with Crippen LogP contribution >= 0.6 is 0 Å². The number of amides is 1. The number of likely N-dealkylation sites (tertiary alicyclic amines) is 1. The number of nitrogens with zero attached hydrogens (tertiary/aromatic N) is 1. The normalized spacial score (nSPS) is 18.7. The number of nitrogens with one attached hydrogen (secondary N) is 2. The van der Waals surface area contributed by atoms with Crippen LogP contribution in [0.25, 0.3) is 0 Å². The highest BCUT2D eigenvalue weighted by molar-refractivity contribution is 7.92. The molecule has 23 heavy (non-hydrogen) atoms. The second-order valence-corrected chi connectivity index (χ2v) is 7.88. The van der Waals surface area contributed by atoms with E-state index in [0.29, 0.717) is 30.3 Å². The molecule has 0 spiro atoms. The van der Waals surface area contributed by atoms with Gasteiger partial charge >= 0.3 is 0 Å². The molecule has 0 saturated carbocycles. The Balaban J connectivity index is 2.19. The number of para-hydroxylation sites is 1. The van der Waals surface area contributed by atoms with E-state index in [1.807, 2.05) is 11.9 Å². The summed E-state index contributed by atoms with van der Waals surface area (Å²) in [6.07, 6.45) is 2.08. The molecule has 0 aliphatic carbocycles. The van der Waals surface area contributed by atoms with E-state index < -0.39 is 10.0 Å². The van der Waals surface area contributed by atoms with Crippen molar-refractivity contribution in [2.24, 2.45) is 5.92 Å². The summed E-state index contributed by atoms with van der Waals surface area (Å²) in [6.45, 7) is 3.87. The molecule has 1 aliphatic heterocycles. The number of hydrogen-bond donors (Lipinski definition) is 2. The number of sulfonamides is 1. The van der Waals surface area contributed by atoms with Gasteiger partial charge in [0.15, 0.2) is 0 Å². The first-order valence-corrected chi connectivity index (χ1v) is 9.65. The van der Waals surface area contributed by atoms with E-state index in [0.717, 1.165) is 19.4 Å². The zero-order chi connectivity index (χ0) is 16.9. The lowest BCUT2D eigenvalue weighted by molar-refractivity contribution is 0.0675. The van der Waals surface area contributed by atoms with Gasteiger partial charge in [-0.25, -0.2) is 8.42 Å². The maximum atomic E-state index is 12.8. The van der Waals surface area contributed by atoms with Gasteiger partial charge in [-0.2, -0.15) is 0 Å². The summed E-state index contributed by atoms with van der Waals surface area (Å²) in [5, 5.41) is 3.16. The van der Waals surface area contributed by atoms with Crippen LogP contribution in [-0.4, -0.2) is 51.7 Å². The van der Waals surface area contributed by atoms with Crippen molar-refractivity contribution in [1.82, 2.24) is 10.2 Å². The summed E-state index contributed by atoms with van der Waals surface area (Å²) in [5.41, 5.74) is 0.768. The fraction of sp³-hybridized carbons (Fsp3) is 0.562. The van der Waals surface area contributed by atoms with Gasteiger partial charge in [0.25, 0.3) is 5.91 Å². The van der Waals surface area contributed by atoms with Crippen LogP contribution in [0.4, 0.5) is 5.69 Å². The lowest BCUT2D eigenvalue weighted by atomic mass is 9.97. The van der Waals surface area contributed by atoms with Crippen molar-refractivity contribution in [2.75, 3.05) is 37.2 Å². The first-order valence-electron chi connectivity index (χ1n) is 8.00. The van der Waals surface area contributed by atoms with Gasteiger partial charge in [-0.05, 0) is 51.4 Å². The molecule has 1 heterocycles. The number of rotatable bonds is 6. The third kappa shape index (κ3) is 4.68. The highest BCUT2D eigenvalue weighted by Gasteiger charge is 2.26. The summed E-state index contributed by atoms with van der Waals surface area (Å²) in [5.74, 6) is 0.307. The topological polar surface area (TPSA) is 78.5 Å². The van der Waals surface area contributed by atoms with Crippen LogP contribution in [0.2, 0.25) is 0 Å². The highest BCUT2D eigenvalue weighted by atomic mass is 32.2. The third-order valence-electron chi connectivity index (χ3n) is 4.10. The van der Waals surface area contributed by atoms with Crippen molar-refractivity contribution in [1.29, 1.82) is 0 Å². The van der Waals surface area contributed by atoms with Crippen molar-refractivity contribution in [2.45, 2.75) is 19.8 Å².